The third-order valence-electron chi connectivity index (χ3n) is 8.49. The fraction of sp³-hybridized carbons (Fsp3) is 0.667. The molecule has 0 saturated carbocycles. The molecule has 0 unspecified atom stereocenters. The highest BCUT2D eigenvalue weighted by Gasteiger charge is 2.30. The molecular formula is C30H47N11O5. The van der Waals surface area contributed by atoms with Gasteiger partial charge in [0.2, 0.25) is 17.8 Å². The van der Waals surface area contributed by atoms with E-state index >= 15 is 0 Å². The Kier molecular flexibility index (Phi) is 11.4. The summed E-state index contributed by atoms with van der Waals surface area (Å²) in [5.74, 6) is 2.37. The lowest BCUT2D eigenvalue weighted by Crippen LogP contribution is -2.49. The van der Waals surface area contributed by atoms with E-state index in [0.29, 0.717) is 107 Å². The van der Waals surface area contributed by atoms with Crippen LogP contribution in [0.2, 0.25) is 0 Å². The number of carbonyl (C=O) groups excluding carboxylic acids is 1. The maximum absolute atomic E-state index is 13.0. The molecule has 16 heteroatoms. The molecule has 3 aromatic rings. The largest absolute Gasteiger partial charge is 0.383 e. The number of amides is 1. The number of anilines is 4. The van der Waals surface area contributed by atoms with Crippen LogP contribution in [-0.4, -0.2) is 155 Å². The van der Waals surface area contributed by atoms with Crippen LogP contribution in [0.4, 0.5) is 23.5 Å². The van der Waals surface area contributed by atoms with Gasteiger partial charge in [-0.1, -0.05) is 0 Å². The van der Waals surface area contributed by atoms with Gasteiger partial charge in [-0.2, -0.15) is 15.1 Å². The first kappa shape index (κ1) is 33.5. The van der Waals surface area contributed by atoms with Crippen LogP contribution in [0.1, 0.15) is 11.3 Å². The predicted octanol–water partition coefficient (Wildman–Crippen LogP) is 0.193. The number of hydrogen-bond donors (Lipinski definition) is 0. The number of ether oxygens (including phenoxy) is 4. The quantitative estimate of drug-likeness (QED) is 0.210. The van der Waals surface area contributed by atoms with Gasteiger partial charge in [0, 0.05) is 113 Å². The van der Waals surface area contributed by atoms with Crippen molar-refractivity contribution < 1.29 is 23.7 Å². The summed E-state index contributed by atoms with van der Waals surface area (Å²) in [7, 11) is 10.5. The molecule has 1 fully saturated rings. The Balaban J connectivity index is 1.72. The van der Waals surface area contributed by atoms with Gasteiger partial charge in [0.15, 0.2) is 11.6 Å². The molecule has 0 spiro atoms. The molecule has 0 aromatic carbocycles. The smallest absolute Gasteiger partial charge is 0.241 e. The molecule has 3 aromatic heterocycles. The van der Waals surface area contributed by atoms with Gasteiger partial charge in [-0.05, 0) is 0 Å². The fourth-order valence-electron chi connectivity index (χ4n) is 5.72. The molecule has 5 heterocycles. The highest BCUT2D eigenvalue weighted by Crippen LogP contribution is 2.35. The van der Waals surface area contributed by atoms with Crippen LogP contribution in [0.5, 0.6) is 0 Å². The number of hydrogen-bond acceptors (Lipinski definition) is 14. The van der Waals surface area contributed by atoms with Crippen molar-refractivity contribution in [1.82, 2.24) is 34.6 Å². The Morgan fingerprint density at radius 2 is 1.20 bits per heavy atom. The minimum atomic E-state index is 0.0200. The molecule has 16 nitrogen and oxygen atoms in total. The normalized spacial score (nSPS) is 15.2. The summed E-state index contributed by atoms with van der Waals surface area (Å²) in [6.45, 7) is 6.95. The first-order chi connectivity index (χ1) is 22.4. The minimum Gasteiger partial charge on any atom is -0.383 e. The zero-order valence-electron chi connectivity index (χ0n) is 27.9. The van der Waals surface area contributed by atoms with Gasteiger partial charge in [0.25, 0.3) is 0 Å². The molecular weight excluding hydrogens is 594 g/mol. The van der Waals surface area contributed by atoms with Crippen LogP contribution in [0.15, 0.2) is 6.20 Å². The number of carbonyl (C=O) groups is 1. The zero-order chi connectivity index (χ0) is 32.6. The van der Waals surface area contributed by atoms with Crippen LogP contribution in [0.25, 0.3) is 11.0 Å². The highest BCUT2D eigenvalue weighted by atomic mass is 16.5. The molecule has 1 saturated heterocycles. The lowest BCUT2D eigenvalue weighted by atomic mass is 10.1. The van der Waals surface area contributed by atoms with Crippen molar-refractivity contribution in [3.05, 3.63) is 17.5 Å². The Morgan fingerprint density at radius 3 is 1.67 bits per heavy atom. The molecule has 0 bridgehead atoms. The molecule has 1 amide bonds. The number of methoxy groups -OCH3 is 4. The average Bonchev–Trinajstić information content (AvgIpc) is 3.44. The molecule has 0 atom stereocenters. The summed E-state index contributed by atoms with van der Waals surface area (Å²) < 4.78 is 23.7. The van der Waals surface area contributed by atoms with E-state index in [4.69, 9.17) is 38.9 Å². The molecule has 5 rings (SSSR count). The Bertz CT molecular complexity index is 1450. The zero-order valence-corrected chi connectivity index (χ0v) is 27.9. The number of piperazine rings is 1. The van der Waals surface area contributed by atoms with E-state index in [-0.39, 0.29) is 12.5 Å². The van der Waals surface area contributed by atoms with E-state index in [1.54, 1.807) is 33.3 Å². The summed E-state index contributed by atoms with van der Waals surface area (Å²) in [6, 6.07) is 0. The topological polar surface area (TPSA) is 140 Å². The van der Waals surface area contributed by atoms with Crippen molar-refractivity contribution in [3.8, 4) is 0 Å². The SMILES string of the molecule is COCCN(CCOC)c1nc(N2CCc3c(cnn3C)C2)c2nc(N(CCOC)CCOC)nc(N3CCN(C)C(=O)C3)c2n1. The van der Waals surface area contributed by atoms with Gasteiger partial charge < -0.3 is 43.4 Å². The second-order valence-electron chi connectivity index (χ2n) is 11.5. The fourth-order valence-corrected chi connectivity index (χ4v) is 5.72. The summed E-state index contributed by atoms with van der Waals surface area (Å²) in [5, 5.41) is 4.51. The number of fused-ring (bicyclic) bond motifs is 2. The predicted molar refractivity (Wildman–Crippen MR) is 175 cm³/mol. The summed E-state index contributed by atoms with van der Waals surface area (Å²) in [5.41, 5.74) is 3.59. The number of aromatic nitrogens is 6. The van der Waals surface area contributed by atoms with Crippen molar-refractivity contribution in [2.45, 2.75) is 13.0 Å². The van der Waals surface area contributed by atoms with E-state index in [9.17, 15) is 4.79 Å². The van der Waals surface area contributed by atoms with Crippen molar-refractivity contribution >= 4 is 40.5 Å². The third-order valence-corrected chi connectivity index (χ3v) is 8.49. The lowest BCUT2D eigenvalue weighted by molar-refractivity contribution is -0.129. The highest BCUT2D eigenvalue weighted by molar-refractivity contribution is 5.96. The van der Waals surface area contributed by atoms with Gasteiger partial charge >= 0.3 is 0 Å². The van der Waals surface area contributed by atoms with E-state index in [2.05, 4.69) is 14.9 Å². The molecule has 0 N–H and O–H groups in total. The van der Waals surface area contributed by atoms with Crippen molar-refractivity contribution in [1.29, 1.82) is 0 Å². The number of nitrogens with zero attached hydrogens (tertiary/aromatic N) is 11. The molecule has 46 heavy (non-hydrogen) atoms. The first-order valence-electron chi connectivity index (χ1n) is 15.7. The lowest BCUT2D eigenvalue weighted by Gasteiger charge is -2.35. The molecule has 0 radical (unpaired) electrons. The maximum Gasteiger partial charge on any atom is 0.241 e. The van der Waals surface area contributed by atoms with Crippen LogP contribution < -0.4 is 19.6 Å². The van der Waals surface area contributed by atoms with E-state index in [0.717, 1.165) is 18.5 Å². The standard InChI is InChI=1S/C30H47N11O5/c1-36-9-10-41(21-24(36)42)28-26-25(32-30(35-28)39(13-17-45-5)14-18-46-6)27(40-8-7-23-22(20-40)19-31-37(23)2)34-29(33-26)38(11-15-43-3)12-16-44-4/h19H,7-18,20-21H2,1-6H3. The van der Waals surface area contributed by atoms with Gasteiger partial charge in [0.1, 0.15) is 11.0 Å². The average molecular weight is 642 g/mol. The van der Waals surface area contributed by atoms with Crippen molar-refractivity contribution in [3.63, 3.8) is 0 Å². The van der Waals surface area contributed by atoms with Crippen LogP contribution in [0.3, 0.4) is 0 Å². The molecule has 0 aliphatic carbocycles. The Morgan fingerprint density at radius 1 is 0.696 bits per heavy atom. The van der Waals surface area contributed by atoms with Gasteiger partial charge in [-0.3, -0.25) is 9.48 Å². The van der Waals surface area contributed by atoms with E-state index < -0.39 is 0 Å². The maximum atomic E-state index is 13.0. The number of rotatable bonds is 16. The second kappa shape index (κ2) is 15.6. The number of likely N-dealkylation sites (N-methyl/N-ethyl adjacent to an activating group) is 1. The molecule has 2 aliphatic rings. The van der Waals surface area contributed by atoms with Gasteiger partial charge in [-0.15, -0.1) is 0 Å². The summed E-state index contributed by atoms with van der Waals surface area (Å²) in [6.07, 6.45) is 2.74. The number of aryl methyl sites for hydroxylation is 1. The van der Waals surface area contributed by atoms with Gasteiger partial charge in [-0.25, -0.2) is 9.97 Å². The van der Waals surface area contributed by atoms with Gasteiger partial charge in [0.05, 0.1) is 39.2 Å². The van der Waals surface area contributed by atoms with E-state index in [1.807, 2.05) is 34.8 Å². The Hall–Kier alpha value is -3.86. The minimum absolute atomic E-state index is 0.0200. The van der Waals surface area contributed by atoms with Crippen LogP contribution in [0, 0.1) is 0 Å². The van der Waals surface area contributed by atoms with Crippen LogP contribution >= 0.6 is 0 Å². The summed E-state index contributed by atoms with van der Waals surface area (Å²) >= 11 is 0. The van der Waals surface area contributed by atoms with Crippen LogP contribution in [-0.2, 0) is 43.8 Å². The first-order valence-corrected chi connectivity index (χ1v) is 15.7. The summed E-state index contributed by atoms with van der Waals surface area (Å²) in [4.78, 5) is 43.7. The molecule has 2 aliphatic heterocycles. The third kappa shape index (κ3) is 7.40. The van der Waals surface area contributed by atoms with E-state index in [1.165, 1.54) is 5.69 Å². The Labute approximate surface area is 270 Å². The van der Waals surface area contributed by atoms with Crippen molar-refractivity contribution in [2.75, 3.05) is 134 Å². The van der Waals surface area contributed by atoms with Crippen molar-refractivity contribution in [2.24, 2.45) is 7.05 Å². The monoisotopic (exact) mass is 641 g/mol. The second-order valence-corrected chi connectivity index (χ2v) is 11.5. The molecule has 252 valence electrons.